The van der Waals surface area contributed by atoms with Crippen molar-refractivity contribution >= 4 is 12.0 Å². The van der Waals surface area contributed by atoms with Gasteiger partial charge in [0.1, 0.15) is 11.6 Å². The highest BCUT2D eigenvalue weighted by Gasteiger charge is 2.21. The van der Waals surface area contributed by atoms with Gasteiger partial charge in [-0.2, -0.15) is 0 Å². The van der Waals surface area contributed by atoms with Gasteiger partial charge in [-0.15, -0.1) is 0 Å². The van der Waals surface area contributed by atoms with Gasteiger partial charge < -0.3 is 10.6 Å². The van der Waals surface area contributed by atoms with Crippen LogP contribution in [-0.4, -0.2) is 29.9 Å². The molecular formula is C13H14F2N2O. The van der Waals surface area contributed by atoms with Crippen molar-refractivity contribution in [2.24, 2.45) is 5.73 Å². The first-order valence-corrected chi connectivity index (χ1v) is 5.74. The number of benzene rings is 1. The Hall–Kier alpha value is -1.75. The molecule has 0 saturated carbocycles. The first-order chi connectivity index (χ1) is 8.58. The number of nitrogens with two attached hydrogens (primary N) is 1. The number of halogens is 2. The van der Waals surface area contributed by atoms with Crippen molar-refractivity contribution in [2.45, 2.75) is 12.5 Å². The largest absolute Gasteiger partial charge is 0.338 e. The number of nitrogens with zero attached hydrogens (tertiary/aromatic N) is 1. The van der Waals surface area contributed by atoms with Crippen molar-refractivity contribution in [1.82, 2.24) is 4.90 Å². The Morgan fingerprint density at radius 3 is 2.61 bits per heavy atom. The van der Waals surface area contributed by atoms with Crippen LogP contribution in [0.3, 0.4) is 0 Å². The van der Waals surface area contributed by atoms with E-state index in [9.17, 15) is 13.6 Å². The molecule has 1 aliphatic rings. The van der Waals surface area contributed by atoms with Gasteiger partial charge >= 0.3 is 0 Å². The molecule has 1 saturated heterocycles. The Balaban J connectivity index is 2.09. The van der Waals surface area contributed by atoms with Gasteiger partial charge in [-0.3, -0.25) is 4.79 Å². The molecule has 2 N–H and O–H groups in total. The third kappa shape index (κ3) is 2.73. The lowest BCUT2D eigenvalue weighted by Crippen LogP contribution is -2.30. The van der Waals surface area contributed by atoms with E-state index in [2.05, 4.69) is 0 Å². The van der Waals surface area contributed by atoms with Crippen LogP contribution in [0.4, 0.5) is 8.78 Å². The normalized spacial score (nSPS) is 19.7. The second kappa shape index (κ2) is 5.27. The molecule has 0 aliphatic carbocycles. The lowest BCUT2D eigenvalue weighted by Gasteiger charge is -2.12. The second-order valence-electron chi connectivity index (χ2n) is 4.30. The molecule has 1 aromatic carbocycles. The highest BCUT2D eigenvalue weighted by atomic mass is 19.1. The lowest BCUT2D eigenvalue weighted by molar-refractivity contribution is -0.124. The molecular weight excluding hydrogens is 238 g/mol. The van der Waals surface area contributed by atoms with E-state index in [0.29, 0.717) is 13.1 Å². The fourth-order valence-electron chi connectivity index (χ4n) is 1.92. The SMILES string of the molecule is NC1CCN(C(=O)C=Cc2c(F)cccc2F)C1. The monoisotopic (exact) mass is 252 g/mol. The molecule has 0 radical (unpaired) electrons. The molecule has 0 bridgehead atoms. The van der Waals surface area contributed by atoms with Gasteiger partial charge in [-0.25, -0.2) is 8.78 Å². The number of hydrogen-bond acceptors (Lipinski definition) is 2. The Labute approximate surface area is 104 Å². The van der Waals surface area contributed by atoms with E-state index in [1.807, 2.05) is 0 Å². The third-order valence-electron chi connectivity index (χ3n) is 2.93. The maximum absolute atomic E-state index is 13.3. The van der Waals surface area contributed by atoms with E-state index in [-0.39, 0.29) is 17.5 Å². The Kier molecular flexibility index (Phi) is 3.72. The van der Waals surface area contributed by atoms with E-state index in [4.69, 9.17) is 5.73 Å². The Bertz CT molecular complexity index is 468. The molecule has 5 heteroatoms. The molecule has 96 valence electrons. The molecule has 0 aromatic heterocycles. The summed E-state index contributed by atoms with van der Waals surface area (Å²) in [7, 11) is 0. The highest BCUT2D eigenvalue weighted by Crippen LogP contribution is 2.14. The summed E-state index contributed by atoms with van der Waals surface area (Å²) in [4.78, 5) is 13.3. The summed E-state index contributed by atoms with van der Waals surface area (Å²) in [6.07, 6.45) is 3.10. The topological polar surface area (TPSA) is 46.3 Å². The van der Waals surface area contributed by atoms with Gasteiger partial charge in [0.05, 0.1) is 0 Å². The molecule has 1 aliphatic heterocycles. The minimum atomic E-state index is -0.683. The van der Waals surface area contributed by atoms with Crippen LogP contribution in [-0.2, 0) is 4.79 Å². The molecule has 18 heavy (non-hydrogen) atoms. The molecule has 1 fully saturated rings. The maximum Gasteiger partial charge on any atom is 0.246 e. The zero-order valence-corrected chi connectivity index (χ0v) is 9.77. The molecule has 0 spiro atoms. The van der Waals surface area contributed by atoms with Gasteiger partial charge in [-0.05, 0) is 24.6 Å². The fraction of sp³-hybridized carbons (Fsp3) is 0.308. The summed E-state index contributed by atoms with van der Waals surface area (Å²) in [6, 6.07) is 3.58. The number of carbonyl (C=O) groups excluding carboxylic acids is 1. The summed E-state index contributed by atoms with van der Waals surface area (Å²) in [6.45, 7) is 1.08. The van der Waals surface area contributed by atoms with Gasteiger partial charge in [-0.1, -0.05) is 6.07 Å². The lowest BCUT2D eigenvalue weighted by atomic mass is 10.2. The smallest absolute Gasteiger partial charge is 0.246 e. The molecule has 1 aromatic rings. The molecule has 3 nitrogen and oxygen atoms in total. The minimum Gasteiger partial charge on any atom is -0.338 e. The third-order valence-corrected chi connectivity index (χ3v) is 2.93. The molecule has 1 heterocycles. The minimum absolute atomic E-state index is 0.00690. The van der Waals surface area contributed by atoms with Crippen molar-refractivity contribution < 1.29 is 13.6 Å². The van der Waals surface area contributed by atoms with Crippen LogP contribution in [0.15, 0.2) is 24.3 Å². The number of rotatable bonds is 2. The van der Waals surface area contributed by atoms with Crippen molar-refractivity contribution in [3.05, 3.63) is 41.5 Å². The number of amides is 1. The van der Waals surface area contributed by atoms with E-state index in [1.165, 1.54) is 12.1 Å². The molecule has 1 unspecified atom stereocenters. The van der Waals surface area contributed by atoms with Crippen LogP contribution in [0.25, 0.3) is 6.08 Å². The van der Waals surface area contributed by atoms with Crippen LogP contribution in [0.5, 0.6) is 0 Å². The standard InChI is InChI=1S/C13H14F2N2O/c14-11-2-1-3-12(15)10(11)4-5-13(18)17-7-6-9(16)8-17/h1-5,9H,6-8,16H2. The predicted molar refractivity (Wildman–Crippen MR) is 64.6 cm³/mol. The van der Waals surface area contributed by atoms with Crippen LogP contribution in [0, 0.1) is 11.6 Å². The number of carbonyl (C=O) groups is 1. The van der Waals surface area contributed by atoms with Gasteiger partial charge in [0.25, 0.3) is 0 Å². The van der Waals surface area contributed by atoms with Gasteiger partial charge in [0, 0.05) is 30.8 Å². The average molecular weight is 252 g/mol. The quantitative estimate of drug-likeness (QED) is 0.811. The van der Waals surface area contributed by atoms with Crippen molar-refractivity contribution in [1.29, 1.82) is 0 Å². The Morgan fingerprint density at radius 2 is 2.06 bits per heavy atom. The summed E-state index contributed by atoms with van der Waals surface area (Å²) >= 11 is 0. The highest BCUT2D eigenvalue weighted by molar-refractivity contribution is 5.92. The van der Waals surface area contributed by atoms with Gasteiger partial charge in [0.2, 0.25) is 5.91 Å². The van der Waals surface area contributed by atoms with Crippen molar-refractivity contribution in [2.75, 3.05) is 13.1 Å². The first kappa shape index (κ1) is 12.7. The first-order valence-electron chi connectivity index (χ1n) is 5.74. The van der Waals surface area contributed by atoms with Crippen LogP contribution in [0.2, 0.25) is 0 Å². The molecule has 2 rings (SSSR count). The predicted octanol–water partition coefficient (Wildman–Crippen LogP) is 1.54. The maximum atomic E-state index is 13.3. The van der Waals surface area contributed by atoms with Crippen molar-refractivity contribution in [3.8, 4) is 0 Å². The zero-order chi connectivity index (χ0) is 13.1. The van der Waals surface area contributed by atoms with Crippen molar-refractivity contribution in [3.63, 3.8) is 0 Å². The average Bonchev–Trinajstić information content (AvgIpc) is 2.75. The molecule has 1 amide bonds. The number of hydrogen-bond donors (Lipinski definition) is 1. The number of likely N-dealkylation sites (tertiary alicyclic amines) is 1. The summed E-state index contributed by atoms with van der Waals surface area (Å²) in [5.41, 5.74) is 5.48. The van der Waals surface area contributed by atoms with Crippen LogP contribution < -0.4 is 5.73 Å². The van der Waals surface area contributed by atoms with E-state index >= 15 is 0 Å². The summed E-state index contributed by atoms with van der Waals surface area (Å²) in [5, 5.41) is 0. The Morgan fingerprint density at radius 1 is 1.39 bits per heavy atom. The second-order valence-corrected chi connectivity index (χ2v) is 4.30. The molecule has 1 atom stereocenters. The van der Waals surface area contributed by atoms with Crippen LogP contribution >= 0.6 is 0 Å². The zero-order valence-electron chi connectivity index (χ0n) is 9.77. The van der Waals surface area contributed by atoms with Gasteiger partial charge in [0.15, 0.2) is 0 Å². The van der Waals surface area contributed by atoms with Crippen LogP contribution in [0.1, 0.15) is 12.0 Å². The summed E-state index contributed by atoms with van der Waals surface area (Å²) < 4.78 is 26.6. The summed E-state index contributed by atoms with van der Waals surface area (Å²) in [5.74, 6) is -1.64. The van der Waals surface area contributed by atoms with E-state index < -0.39 is 11.6 Å². The van der Waals surface area contributed by atoms with E-state index in [0.717, 1.165) is 24.6 Å². The fourth-order valence-corrected chi connectivity index (χ4v) is 1.92. The van der Waals surface area contributed by atoms with E-state index in [1.54, 1.807) is 4.90 Å².